The molecular formula is C6H12N2O10S2Zn. The largest absolute Gasteiger partial charge is 2.00 e. The molecule has 0 saturated carbocycles. The molecule has 0 aliphatic heterocycles. The molecule has 15 heteroatoms. The number of hydrogen-bond acceptors (Lipinski definition) is 8. The summed E-state index contributed by atoms with van der Waals surface area (Å²) in [5, 5.41) is 19.7. The summed E-state index contributed by atoms with van der Waals surface area (Å²) in [5.74, 6) is -3.20. The fourth-order valence-corrected chi connectivity index (χ4v) is 1.63. The first-order chi connectivity index (χ1) is 8.65. The number of carbonyl (C=O) groups excluding carboxylic acids is 2. The Morgan fingerprint density at radius 3 is 1.10 bits per heavy atom. The van der Waals surface area contributed by atoms with Gasteiger partial charge in [-0.25, -0.2) is 0 Å². The molecule has 0 unspecified atom stereocenters. The predicted octanol–water partition coefficient (Wildman–Crippen LogP) is -4.97. The molecule has 0 heterocycles. The van der Waals surface area contributed by atoms with Crippen LogP contribution < -0.4 is 19.7 Å². The van der Waals surface area contributed by atoms with Crippen molar-refractivity contribution in [1.29, 1.82) is 0 Å². The van der Waals surface area contributed by atoms with Gasteiger partial charge in [0.25, 0.3) is 0 Å². The van der Waals surface area contributed by atoms with Crippen LogP contribution in [0.5, 0.6) is 0 Å². The fourth-order valence-electron chi connectivity index (χ4n) is 0.543. The van der Waals surface area contributed by atoms with E-state index in [2.05, 4.69) is 0 Å². The fraction of sp³-hybridized carbons (Fsp3) is 0.667. The van der Waals surface area contributed by atoms with Crippen molar-refractivity contribution in [2.24, 2.45) is 0 Å². The van der Waals surface area contributed by atoms with Gasteiger partial charge in [-0.15, -0.1) is 0 Å². The van der Waals surface area contributed by atoms with Crippen LogP contribution in [-0.2, 0) is 49.7 Å². The summed E-state index contributed by atoms with van der Waals surface area (Å²) < 4.78 is 58.4. The van der Waals surface area contributed by atoms with E-state index in [-0.39, 0.29) is 19.5 Å². The molecule has 120 valence electrons. The maximum atomic E-state index is 9.90. The number of carboxylic acid groups (broad SMARTS) is 2. The first kappa shape index (κ1) is 25.3. The Morgan fingerprint density at radius 2 is 1.05 bits per heavy atom. The van der Waals surface area contributed by atoms with Crippen LogP contribution in [0.2, 0.25) is 0 Å². The van der Waals surface area contributed by atoms with Gasteiger partial charge >= 0.3 is 40.1 Å². The monoisotopic (exact) mass is 400 g/mol. The second-order valence-electron chi connectivity index (χ2n) is 3.27. The van der Waals surface area contributed by atoms with Crippen molar-refractivity contribution < 1.29 is 65.2 Å². The molecule has 2 atom stereocenters. The molecule has 0 spiro atoms. The van der Waals surface area contributed by atoms with E-state index in [0.29, 0.717) is 0 Å². The molecule has 0 radical (unpaired) electrons. The van der Waals surface area contributed by atoms with Gasteiger partial charge in [-0.2, -0.15) is 26.3 Å². The molecule has 0 aromatic carbocycles. The Balaban J connectivity index is -0.000000295. The zero-order chi connectivity index (χ0) is 16.7. The molecule has 0 rings (SSSR count). The topological polar surface area (TPSA) is 213 Å². The van der Waals surface area contributed by atoms with E-state index in [1.54, 1.807) is 0 Å². The minimum absolute atomic E-state index is 0. The van der Waals surface area contributed by atoms with Crippen LogP contribution in [0, 0.1) is 0 Å². The summed E-state index contributed by atoms with van der Waals surface area (Å²) in [7, 11) is -8.88. The van der Waals surface area contributed by atoms with Crippen LogP contribution in [-0.4, -0.2) is 50.0 Å². The molecule has 4 N–H and O–H groups in total. The van der Waals surface area contributed by atoms with E-state index in [0.717, 1.165) is 13.8 Å². The first-order valence-corrected chi connectivity index (χ1v) is 7.45. The third-order valence-electron chi connectivity index (χ3n) is 1.36. The Labute approximate surface area is 133 Å². The number of rotatable bonds is 6. The molecule has 0 aliphatic rings. The molecule has 21 heavy (non-hydrogen) atoms. The second kappa shape index (κ2) is 10.1. The minimum Gasteiger partial charge on any atom is -0.548 e. The molecule has 0 aromatic rings. The van der Waals surface area contributed by atoms with Crippen molar-refractivity contribution in [2.45, 2.75) is 25.9 Å². The van der Waals surface area contributed by atoms with Crippen LogP contribution in [0.4, 0.5) is 0 Å². The van der Waals surface area contributed by atoms with Crippen molar-refractivity contribution in [3.63, 3.8) is 0 Å². The zero-order valence-corrected chi connectivity index (χ0v) is 15.4. The number of hydrogen-bond donors (Lipinski definition) is 4. The average Bonchev–Trinajstić information content (AvgIpc) is 2.12. The molecule has 12 nitrogen and oxygen atoms in total. The molecule has 0 fully saturated rings. The van der Waals surface area contributed by atoms with E-state index in [4.69, 9.17) is 9.11 Å². The molecule has 0 bridgehead atoms. The summed E-state index contributed by atoms with van der Waals surface area (Å²) in [6.07, 6.45) is 0. The third-order valence-corrected chi connectivity index (χ3v) is 2.66. The van der Waals surface area contributed by atoms with E-state index >= 15 is 0 Å². The molecule has 0 amide bonds. The van der Waals surface area contributed by atoms with Crippen LogP contribution in [0.3, 0.4) is 0 Å². The standard InChI is InChI=1S/2C3H7NO5S.Zn/c2*1-2(3(5)6)4-10(7,8)9;/h2*2,4H,1H3,(H,5,6)(H,7,8,9);/q;;+2/p-2/t2*2-;/m00./s1. The van der Waals surface area contributed by atoms with Gasteiger partial charge in [-0.05, 0) is 13.8 Å². The van der Waals surface area contributed by atoms with Gasteiger partial charge in [0.05, 0.1) is 24.0 Å². The Bertz CT molecular complexity index is 494. The normalized spacial score (nSPS) is 13.9. The minimum atomic E-state index is -4.44. The summed E-state index contributed by atoms with van der Waals surface area (Å²) in [6, 6.07) is -2.84. The van der Waals surface area contributed by atoms with Crippen molar-refractivity contribution in [1.82, 2.24) is 9.44 Å². The van der Waals surface area contributed by atoms with E-state index < -0.39 is 44.6 Å². The zero-order valence-electron chi connectivity index (χ0n) is 10.8. The van der Waals surface area contributed by atoms with Crippen molar-refractivity contribution in [2.75, 3.05) is 0 Å². The van der Waals surface area contributed by atoms with Crippen LogP contribution in [0.15, 0.2) is 0 Å². The van der Waals surface area contributed by atoms with Crippen LogP contribution in [0.1, 0.15) is 13.8 Å². The van der Waals surface area contributed by atoms with E-state index in [1.165, 1.54) is 9.44 Å². The van der Waals surface area contributed by atoms with Crippen molar-refractivity contribution in [3.05, 3.63) is 0 Å². The Hall–Kier alpha value is -0.697. The summed E-state index contributed by atoms with van der Waals surface area (Å²) >= 11 is 0. The van der Waals surface area contributed by atoms with Gasteiger partial charge in [0.15, 0.2) is 0 Å². The third kappa shape index (κ3) is 19.3. The molecule has 0 aromatic heterocycles. The molecular weight excluding hydrogens is 390 g/mol. The maximum absolute atomic E-state index is 9.90. The van der Waals surface area contributed by atoms with Crippen LogP contribution >= 0.6 is 0 Å². The van der Waals surface area contributed by atoms with E-state index in [9.17, 15) is 36.6 Å². The van der Waals surface area contributed by atoms with Gasteiger partial charge < -0.3 is 19.8 Å². The Kier molecular flexibility index (Phi) is 12.2. The average molecular weight is 402 g/mol. The van der Waals surface area contributed by atoms with Gasteiger partial charge in [-0.3, -0.25) is 9.11 Å². The number of carbonyl (C=O) groups is 2. The number of aliphatic carboxylic acids is 2. The van der Waals surface area contributed by atoms with Crippen molar-refractivity contribution >= 4 is 32.5 Å². The van der Waals surface area contributed by atoms with Gasteiger partial charge in [0, 0.05) is 0 Å². The predicted molar refractivity (Wildman–Crippen MR) is 58.3 cm³/mol. The Morgan fingerprint density at radius 1 is 0.857 bits per heavy atom. The summed E-state index contributed by atoms with van der Waals surface area (Å²) in [6.45, 7) is 2.06. The maximum Gasteiger partial charge on any atom is 2.00 e. The van der Waals surface area contributed by atoms with Crippen LogP contribution in [0.25, 0.3) is 0 Å². The van der Waals surface area contributed by atoms with Crippen molar-refractivity contribution in [3.8, 4) is 0 Å². The van der Waals surface area contributed by atoms with Gasteiger partial charge in [0.1, 0.15) is 0 Å². The van der Waals surface area contributed by atoms with E-state index in [1.807, 2.05) is 0 Å². The smallest absolute Gasteiger partial charge is 0.548 e. The SMILES string of the molecule is C[C@H](NS(=O)(=O)O)C(=O)[O-].C[C@H](NS(=O)(=O)O)C(=O)[O-].[Zn+2]. The molecule has 0 aliphatic carbocycles. The first-order valence-electron chi connectivity index (χ1n) is 4.57. The summed E-state index contributed by atoms with van der Waals surface area (Å²) in [5.41, 5.74) is 0. The van der Waals surface area contributed by atoms with Gasteiger partial charge in [0.2, 0.25) is 0 Å². The quantitative estimate of drug-likeness (QED) is 0.245. The number of carboxylic acids is 2. The summed E-state index contributed by atoms with van der Waals surface area (Å²) in [4.78, 5) is 19.7. The number of nitrogens with one attached hydrogen (secondary N) is 2. The second-order valence-corrected chi connectivity index (χ2v) is 5.64. The molecule has 0 saturated heterocycles. The van der Waals surface area contributed by atoms with Gasteiger partial charge in [-0.1, -0.05) is 0 Å².